The second-order valence-corrected chi connectivity index (χ2v) is 4.60. The molecule has 106 valence electrons. The monoisotopic (exact) mass is 274 g/mol. The van der Waals surface area contributed by atoms with E-state index in [4.69, 9.17) is 0 Å². The molecule has 1 aromatic carbocycles. The molecular weight excluding hydrogens is 256 g/mol. The van der Waals surface area contributed by atoms with Crippen LogP contribution in [-0.2, 0) is 0 Å². The van der Waals surface area contributed by atoms with Gasteiger partial charge in [0, 0.05) is 0 Å². The molecule has 1 amide bonds. The first-order chi connectivity index (χ1) is 9.65. The van der Waals surface area contributed by atoms with Gasteiger partial charge < -0.3 is 10.4 Å². The van der Waals surface area contributed by atoms with Crippen molar-refractivity contribution in [2.24, 2.45) is 0 Å². The van der Waals surface area contributed by atoms with Gasteiger partial charge in [-0.15, -0.1) is 0 Å². The fourth-order valence-corrected chi connectivity index (χ4v) is 1.89. The van der Waals surface area contributed by atoms with Gasteiger partial charge in [-0.3, -0.25) is 4.79 Å². The molecular formula is C14H18N4O2. The van der Waals surface area contributed by atoms with Crippen LogP contribution in [0.5, 0.6) is 0 Å². The second-order valence-electron chi connectivity index (χ2n) is 4.60. The zero-order chi connectivity index (χ0) is 14.5. The summed E-state index contributed by atoms with van der Waals surface area (Å²) >= 11 is 0. The van der Waals surface area contributed by atoms with Crippen LogP contribution in [0.1, 0.15) is 29.3 Å². The number of amides is 1. The van der Waals surface area contributed by atoms with Crippen LogP contribution in [0.3, 0.4) is 0 Å². The number of aryl methyl sites for hydroxylation is 1. The minimum Gasteiger partial charge on any atom is -0.394 e. The summed E-state index contributed by atoms with van der Waals surface area (Å²) in [6, 6.07) is 5.25. The summed E-state index contributed by atoms with van der Waals surface area (Å²) in [4.78, 5) is 13.8. The Labute approximate surface area is 117 Å². The first-order valence-electron chi connectivity index (χ1n) is 6.54. The van der Waals surface area contributed by atoms with Crippen LogP contribution in [0.4, 0.5) is 0 Å². The summed E-state index contributed by atoms with van der Waals surface area (Å²) < 4.78 is 0. The maximum atomic E-state index is 12.4. The lowest BCUT2D eigenvalue weighted by Gasteiger charge is -2.16. The fourth-order valence-electron chi connectivity index (χ4n) is 1.89. The molecule has 0 fully saturated rings. The highest BCUT2D eigenvalue weighted by Crippen LogP contribution is 2.15. The SMILES string of the molecule is CC[C@@H](CO)NC(=O)c1cc(C)ccc1-n1nccn1. The Bertz CT molecular complexity index is 577. The van der Waals surface area contributed by atoms with Crippen molar-refractivity contribution in [2.75, 3.05) is 6.61 Å². The first kappa shape index (κ1) is 14.2. The molecule has 0 unspecified atom stereocenters. The minimum absolute atomic E-state index is 0.0800. The van der Waals surface area contributed by atoms with Gasteiger partial charge in [-0.05, 0) is 25.5 Å². The van der Waals surface area contributed by atoms with Crippen LogP contribution >= 0.6 is 0 Å². The normalized spacial score (nSPS) is 12.2. The van der Waals surface area contributed by atoms with Crippen molar-refractivity contribution in [3.05, 3.63) is 41.7 Å². The summed E-state index contributed by atoms with van der Waals surface area (Å²) in [6.07, 6.45) is 3.79. The van der Waals surface area contributed by atoms with Crippen molar-refractivity contribution >= 4 is 5.91 Å². The van der Waals surface area contributed by atoms with E-state index < -0.39 is 0 Å². The largest absolute Gasteiger partial charge is 0.394 e. The van der Waals surface area contributed by atoms with E-state index >= 15 is 0 Å². The lowest BCUT2D eigenvalue weighted by Crippen LogP contribution is -2.37. The Kier molecular flexibility index (Phi) is 4.47. The molecule has 6 nitrogen and oxygen atoms in total. The zero-order valence-corrected chi connectivity index (χ0v) is 11.6. The Morgan fingerprint density at radius 1 is 1.40 bits per heavy atom. The van der Waals surface area contributed by atoms with Crippen molar-refractivity contribution in [1.82, 2.24) is 20.3 Å². The molecule has 1 atom stereocenters. The van der Waals surface area contributed by atoms with Gasteiger partial charge >= 0.3 is 0 Å². The maximum absolute atomic E-state index is 12.4. The number of nitrogens with zero attached hydrogens (tertiary/aromatic N) is 3. The van der Waals surface area contributed by atoms with Gasteiger partial charge in [0.1, 0.15) is 0 Å². The van der Waals surface area contributed by atoms with Gasteiger partial charge in [-0.1, -0.05) is 18.6 Å². The molecule has 0 aliphatic carbocycles. The number of hydrogen-bond donors (Lipinski definition) is 2. The molecule has 1 heterocycles. The summed E-state index contributed by atoms with van der Waals surface area (Å²) in [7, 11) is 0. The van der Waals surface area contributed by atoms with Crippen molar-refractivity contribution in [3.63, 3.8) is 0 Å². The lowest BCUT2D eigenvalue weighted by atomic mass is 10.1. The summed E-state index contributed by atoms with van der Waals surface area (Å²) in [5, 5.41) is 20.1. The molecule has 0 saturated heterocycles. The Morgan fingerprint density at radius 2 is 2.10 bits per heavy atom. The number of aromatic nitrogens is 3. The standard InChI is InChI=1S/C14H18N4O2/c1-3-11(9-19)17-14(20)12-8-10(2)4-5-13(12)18-15-6-7-16-18/h4-8,11,19H,3,9H2,1-2H3,(H,17,20)/t11-/m0/s1. The Hall–Kier alpha value is -2.21. The van der Waals surface area contributed by atoms with Crippen molar-refractivity contribution in [3.8, 4) is 5.69 Å². The third-order valence-electron chi connectivity index (χ3n) is 3.08. The number of nitrogens with one attached hydrogen (secondary N) is 1. The Morgan fingerprint density at radius 3 is 2.70 bits per heavy atom. The summed E-state index contributed by atoms with van der Waals surface area (Å²) in [6.45, 7) is 3.75. The Balaban J connectivity index is 2.35. The minimum atomic E-state index is -0.249. The number of rotatable bonds is 5. The molecule has 6 heteroatoms. The van der Waals surface area contributed by atoms with E-state index in [1.165, 1.54) is 4.80 Å². The number of hydrogen-bond acceptors (Lipinski definition) is 4. The average Bonchev–Trinajstić information content (AvgIpc) is 2.98. The predicted octanol–water partition coefficient (Wildman–Crippen LogP) is 1.08. The van der Waals surface area contributed by atoms with E-state index in [1.54, 1.807) is 18.5 Å². The predicted molar refractivity (Wildman–Crippen MR) is 74.7 cm³/mol. The number of carbonyl (C=O) groups excluding carboxylic acids is 1. The highest BCUT2D eigenvalue weighted by atomic mass is 16.3. The van der Waals surface area contributed by atoms with Crippen molar-refractivity contribution in [2.45, 2.75) is 26.3 Å². The van der Waals surface area contributed by atoms with Gasteiger partial charge in [-0.25, -0.2) is 0 Å². The number of carbonyl (C=O) groups is 1. The van der Waals surface area contributed by atoms with E-state index in [-0.39, 0.29) is 18.6 Å². The molecule has 0 bridgehead atoms. The van der Waals surface area contributed by atoms with Crippen LogP contribution in [0.25, 0.3) is 5.69 Å². The highest BCUT2D eigenvalue weighted by molar-refractivity contribution is 5.98. The molecule has 1 aromatic heterocycles. The molecule has 0 aliphatic rings. The first-order valence-corrected chi connectivity index (χ1v) is 6.54. The lowest BCUT2D eigenvalue weighted by molar-refractivity contribution is 0.0914. The molecule has 2 aromatic rings. The summed E-state index contributed by atoms with van der Waals surface area (Å²) in [5.74, 6) is -0.234. The molecule has 20 heavy (non-hydrogen) atoms. The van der Waals surface area contributed by atoms with E-state index in [0.29, 0.717) is 17.7 Å². The second kappa shape index (κ2) is 6.29. The van der Waals surface area contributed by atoms with E-state index in [9.17, 15) is 9.90 Å². The van der Waals surface area contributed by atoms with Gasteiger partial charge in [0.15, 0.2) is 0 Å². The topological polar surface area (TPSA) is 80.0 Å². The highest BCUT2D eigenvalue weighted by Gasteiger charge is 2.17. The van der Waals surface area contributed by atoms with E-state index in [0.717, 1.165) is 5.56 Å². The van der Waals surface area contributed by atoms with Crippen LogP contribution in [0.15, 0.2) is 30.6 Å². The number of aliphatic hydroxyl groups excluding tert-OH is 1. The van der Waals surface area contributed by atoms with Gasteiger partial charge in [0.25, 0.3) is 5.91 Å². The third kappa shape index (κ3) is 3.03. The van der Waals surface area contributed by atoms with Gasteiger partial charge in [0.2, 0.25) is 0 Å². The smallest absolute Gasteiger partial charge is 0.253 e. The van der Waals surface area contributed by atoms with Crippen LogP contribution < -0.4 is 5.32 Å². The molecule has 2 rings (SSSR count). The third-order valence-corrected chi connectivity index (χ3v) is 3.08. The molecule has 0 spiro atoms. The zero-order valence-electron chi connectivity index (χ0n) is 11.6. The molecule has 0 aliphatic heterocycles. The van der Waals surface area contributed by atoms with Crippen LogP contribution in [-0.4, -0.2) is 38.7 Å². The maximum Gasteiger partial charge on any atom is 0.253 e. The van der Waals surface area contributed by atoms with E-state index in [2.05, 4.69) is 15.5 Å². The number of aliphatic hydroxyl groups is 1. The van der Waals surface area contributed by atoms with Gasteiger partial charge in [-0.2, -0.15) is 15.0 Å². The van der Waals surface area contributed by atoms with Crippen LogP contribution in [0.2, 0.25) is 0 Å². The fraction of sp³-hybridized carbons (Fsp3) is 0.357. The molecule has 0 saturated carbocycles. The average molecular weight is 274 g/mol. The molecule has 2 N–H and O–H groups in total. The quantitative estimate of drug-likeness (QED) is 0.855. The molecule has 0 radical (unpaired) electrons. The van der Waals surface area contributed by atoms with Crippen molar-refractivity contribution < 1.29 is 9.90 Å². The van der Waals surface area contributed by atoms with Gasteiger partial charge in [0.05, 0.1) is 36.3 Å². The van der Waals surface area contributed by atoms with E-state index in [1.807, 2.05) is 26.0 Å². The van der Waals surface area contributed by atoms with Crippen molar-refractivity contribution in [1.29, 1.82) is 0 Å². The summed E-state index contributed by atoms with van der Waals surface area (Å²) in [5.41, 5.74) is 2.09. The van der Waals surface area contributed by atoms with Crippen LogP contribution in [0, 0.1) is 6.92 Å². The number of benzene rings is 1.